The van der Waals surface area contributed by atoms with Crippen molar-refractivity contribution in [3.05, 3.63) is 59.6 Å². The van der Waals surface area contributed by atoms with E-state index < -0.39 is 27.1 Å². The van der Waals surface area contributed by atoms with E-state index in [0.29, 0.717) is 35.6 Å². The van der Waals surface area contributed by atoms with Gasteiger partial charge in [-0.05, 0) is 31.2 Å². The van der Waals surface area contributed by atoms with Crippen molar-refractivity contribution in [2.75, 3.05) is 7.11 Å². The van der Waals surface area contributed by atoms with E-state index in [-0.39, 0.29) is 21.7 Å². The number of alkyl halides is 3. The summed E-state index contributed by atoms with van der Waals surface area (Å²) in [6.07, 6.45) is 2.49. The van der Waals surface area contributed by atoms with Gasteiger partial charge in [-0.15, -0.1) is 0 Å². The van der Waals surface area contributed by atoms with Gasteiger partial charge >= 0.3 is 6.18 Å². The van der Waals surface area contributed by atoms with Gasteiger partial charge in [-0.2, -0.15) is 27.9 Å². The van der Waals surface area contributed by atoms with Gasteiger partial charge in [-0.3, -0.25) is 4.57 Å². The second-order valence-electron chi connectivity index (χ2n) is 7.33. The number of ether oxygens (including phenoxy) is 1. The first-order valence-electron chi connectivity index (χ1n) is 9.68. The lowest BCUT2D eigenvalue weighted by atomic mass is 10.1. The van der Waals surface area contributed by atoms with Gasteiger partial charge in [0, 0.05) is 17.1 Å². The maximum absolute atomic E-state index is 12.9. The summed E-state index contributed by atoms with van der Waals surface area (Å²) in [6.45, 7) is 0.649. The number of nitrogens with one attached hydrogen (secondary N) is 1. The fourth-order valence-electron chi connectivity index (χ4n) is 3.37. The van der Waals surface area contributed by atoms with E-state index in [2.05, 4.69) is 11.1 Å². The van der Waals surface area contributed by atoms with Crippen molar-refractivity contribution in [2.24, 2.45) is 0 Å². The van der Waals surface area contributed by atoms with E-state index in [1.807, 2.05) is 0 Å². The van der Waals surface area contributed by atoms with Crippen molar-refractivity contribution < 1.29 is 31.1 Å². The van der Waals surface area contributed by atoms with E-state index in [9.17, 15) is 32.1 Å². The van der Waals surface area contributed by atoms with Crippen LogP contribution in [0.25, 0.3) is 28.1 Å². The Morgan fingerprint density at radius 1 is 1.35 bits per heavy atom. The lowest BCUT2D eigenvalue weighted by Gasteiger charge is -2.17. The van der Waals surface area contributed by atoms with Crippen molar-refractivity contribution in [2.45, 2.75) is 24.0 Å². The van der Waals surface area contributed by atoms with Gasteiger partial charge in [0.25, 0.3) is 0 Å². The lowest BCUT2D eigenvalue weighted by Crippen LogP contribution is -2.43. The normalized spacial score (nSPS) is 14.4. The zero-order valence-electron chi connectivity index (χ0n) is 17.7. The molecule has 4 rings (SSSR count). The Morgan fingerprint density at radius 2 is 2.06 bits per heavy atom. The molecule has 3 aromatic heterocycles. The summed E-state index contributed by atoms with van der Waals surface area (Å²) in [6, 6.07) is 3.40. The van der Waals surface area contributed by atoms with Gasteiger partial charge in [0.2, 0.25) is 21.9 Å². The molecule has 1 N–H and O–H groups in total. The van der Waals surface area contributed by atoms with Crippen molar-refractivity contribution in [1.29, 1.82) is 5.26 Å². The first kappa shape index (κ1) is 23.3. The maximum Gasteiger partial charge on any atom is 0.404 e. The first-order chi connectivity index (χ1) is 16.0. The quantitative estimate of drug-likeness (QED) is 0.418. The van der Waals surface area contributed by atoms with E-state index in [4.69, 9.17) is 4.74 Å². The maximum atomic E-state index is 12.9. The molecule has 0 aliphatic heterocycles. The van der Waals surface area contributed by atoms with Gasteiger partial charge in [0.15, 0.2) is 0 Å². The van der Waals surface area contributed by atoms with Crippen LogP contribution in [0.5, 0.6) is 5.75 Å². The molecule has 3 heterocycles. The number of methoxy groups -OCH3 is 1. The summed E-state index contributed by atoms with van der Waals surface area (Å²) in [4.78, 5) is 3.68. The monoisotopic (exact) mass is 491 g/mol. The molecule has 0 radical (unpaired) electrons. The number of fused-ring (bicyclic) bond motifs is 1. The van der Waals surface area contributed by atoms with Crippen LogP contribution in [0.2, 0.25) is 0 Å². The number of rotatable bonds is 6. The number of sulfonamides is 1. The van der Waals surface area contributed by atoms with Gasteiger partial charge in [0.05, 0.1) is 18.9 Å². The minimum Gasteiger partial charge on any atom is -0.618 e. The molecule has 0 bridgehead atoms. The number of allylic oxidation sites excluding steroid dienone is 4. The molecule has 0 saturated heterocycles. The smallest absolute Gasteiger partial charge is 0.404 e. The third-order valence-corrected chi connectivity index (χ3v) is 6.71. The van der Waals surface area contributed by atoms with Gasteiger partial charge in [-0.1, -0.05) is 6.08 Å². The predicted molar refractivity (Wildman–Crippen MR) is 115 cm³/mol. The SMILES string of the molecule is COc1cnc2c(c1)c(C#N)c(-c1ccc(S(=O)(=O)N[C@@H](C)C(F)(F)F)c[n+]1[O-])n2C1=CC=C1. The van der Waals surface area contributed by atoms with Crippen LogP contribution in [0.3, 0.4) is 0 Å². The zero-order valence-corrected chi connectivity index (χ0v) is 18.5. The summed E-state index contributed by atoms with van der Waals surface area (Å²) in [7, 11) is -3.21. The molecule has 0 unspecified atom stereocenters. The molecule has 0 saturated carbocycles. The number of aromatic nitrogens is 3. The van der Waals surface area contributed by atoms with E-state index in [1.165, 1.54) is 18.0 Å². The third-order valence-electron chi connectivity index (χ3n) is 5.19. The molecule has 176 valence electrons. The summed E-state index contributed by atoms with van der Waals surface area (Å²) < 4.78 is 71.6. The van der Waals surface area contributed by atoms with Gasteiger partial charge in [0.1, 0.15) is 34.1 Å². The van der Waals surface area contributed by atoms with Gasteiger partial charge in [-0.25, -0.2) is 13.4 Å². The lowest BCUT2D eigenvalue weighted by molar-refractivity contribution is -0.596. The Balaban J connectivity index is 1.88. The molecule has 0 spiro atoms. The highest BCUT2D eigenvalue weighted by Crippen LogP contribution is 2.37. The minimum atomic E-state index is -4.80. The molecule has 0 aromatic carbocycles. The summed E-state index contributed by atoms with van der Waals surface area (Å²) in [5.41, 5.74) is 1.12. The summed E-state index contributed by atoms with van der Waals surface area (Å²) >= 11 is 0. The Morgan fingerprint density at radius 3 is 2.59 bits per heavy atom. The number of nitriles is 1. The molecule has 0 amide bonds. The van der Waals surface area contributed by atoms with Gasteiger partial charge < -0.3 is 9.94 Å². The van der Waals surface area contributed by atoms with Crippen molar-refractivity contribution in [3.8, 4) is 23.2 Å². The highest BCUT2D eigenvalue weighted by atomic mass is 32.2. The number of hydrogen-bond donors (Lipinski definition) is 1. The molecule has 1 aliphatic rings. The van der Waals surface area contributed by atoms with Crippen molar-refractivity contribution in [1.82, 2.24) is 14.3 Å². The molecular weight excluding hydrogens is 475 g/mol. The van der Waals surface area contributed by atoms with Crippen LogP contribution in [0.1, 0.15) is 12.5 Å². The highest BCUT2D eigenvalue weighted by molar-refractivity contribution is 7.89. The average Bonchev–Trinajstić information content (AvgIpc) is 3.04. The molecule has 9 nitrogen and oxygen atoms in total. The van der Waals surface area contributed by atoms with E-state index in [0.717, 1.165) is 12.1 Å². The number of pyridine rings is 2. The van der Waals surface area contributed by atoms with Crippen LogP contribution in [-0.4, -0.2) is 37.3 Å². The largest absolute Gasteiger partial charge is 0.618 e. The Hall–Kier alpha value is -3.89. The Bertz CT molecular complexity index is 1520. The van der Waals surface area contributed by atoms with Crippen molar-refractivity contribution in [3.63, 3.8) is 0 Å². The molecular formula is C21H16F3N5O4S. The topological polar surface area (TPSA) is 124 Å². The highest BCUT2D eigenvalue weighted by Gasteiger charge is 2.39. The van der Waals surface area contributed by atoms with Crippen LogP contribution in [-0.2, 0) is 10.0 Å². The predicted octanol–water partition coefficient (Wildman–Crippen LogP) is 2.86. The van der Waals surface area contributed by atoms with Crippen LogP contribution >= 0.6 is 0 Å². The molecule has 0 fully saturated rings. The zero-order chi connectivity index (χ0) is 24.8. The van der Waals surface area contributed by atoms with E-state index >= 15 is 0 Å². The molecule has 1 atom stereocenters. The first-order valence-corrected chi connectivity index (χ1v) is 11.2. The second-order valence-corrected chi connectivity index (χ2v) is 9.04. The summed E-state index contributed by atoms with van der Waals surface area (Å²) in [5, 5.41) is 23.2. The number of hydrogen-bond acceptors (Lipinski definition) is 6. The second kappa shape index (κ2) is 8.15. The Kier molecular flexibility index (Phi) is 5.58. The van der Waals surface area contributed by atoms with Crippen LogP contribution < -0.4 is 14.2 Å². The molecule has 3 aromatic rings. The number of halogens is 3. The molecule has 1 aliphatic carbocycles. The van der Waals surface area contributed by atoms with Crippen LogP contribution in [0.4, 0.5) is 13.2 Å². The van der Waals surface area contributed by atoms with Crippen LogP contribution in [0.15, 0.2) is 53.7 Å². The van der Waals surface area contributed by atoms with Crippen LogP contribution in [0, 0.1) is 16.5 Å². The minimum absolute atomic E-state index is 0.0895. The number of nitrogens with zero attached hydrogens (tertiary/aromatic N) is 4. The Labute approximate surface area is 191 Å². The molecule has 34 heavy (non-hydrogen) atoms. The van der Waals surface area contributed by atoms with Crippen molar-refractivity contribution >= 4 is 26.8 Å². The molecule has 13 heteroatoms. The fraction of sp³-hybridized carbons (Fsp3) is 0.190. The fourth-order valence-corrected chi connectivity index (χ4v) is 4.59. The average molecular weight is 491 g/mol. The summed E-state index contributed by atoms with van der Waals surface area (Å²) in [5.74, 6) is 0.382. The third kappa shape index (κ3) is 3.87. The standard InChI is InChI=1S/C21H16F3N5O4S/c1-12(21(22,23)24)27-34(31,32)15-6-7-18(28(30)11-15)19-17(9-25)16-8-14(33-2)10-26-20(16)29(19)13-4-3-5-13/h3-8,10-12,27H,1-2H3/t12-/m0/s1. The van der Waals surface area contributed by atoms with E-state index in [1.54, 1.807) is 28.9 Å².